The number of rotatable bonds is 10. The second kappa shape index (κ2) is 20.5. The standard InChI is InChI=1S/C82H54N2/c1-5-21-67-61(17-1)51-79(75-29-13-9-25-71(67)75)83(80-52-62-18-2-6-22-68(62)72-26-10-14-30-76(72)80)65-47-43-59(44-48-65)57-39-35-55(36-40-57)33-34-56-37-41-58(42-38-56)60-45-49-66(50-46-60)84(81-53-63-19-3-7-23-69(63)73-27-11-15-31-77(73)81)82-54-64-20-4-8-24-70(64)74-28-12-16-32-78(74)82/h1-54H. The van der Waals surface area contributed by atoms with Crippen LogP contribution in [0.1, 0.15) is 11.1 Å². The third-order valence-electron chi connectivity index (χ3n) is 17.2. The highest BCUT2D eigenvalue weighted by atomic mass is 15.2. The molecule has 16 aromatic carbocycles. The van der Waals surface area contributed by atoms with Crippen molar-refractivity contribution in [3.63, 3.8) is 0 Å². The molecule has 2 nitrogen and oxygen atoms in total. The van der Waals surface area contributed by atoms with Gasteiger partial charge in [0.1, 0.15) is 0 Å². The summed E-state index contributed by atoms with van der Waals surface area (Å²) in [6.07, 6.45) is 4.41. The van der Waals surface area contributed by atoms with Crippen LogP contribution < -0.4 is 9.80 Å². The van der Waals surface area contributed by atoms with Gasteiger partial charge in [-0.1, -0.05) is 279 Å². The van der Waals surface area contributed by atoms with Crippen LogP contribution in [0, 0.1) is 0 Å². The minimum Gasteiger partial charge on any atom is -0.309 e. The van der Waals surface area contributed by atoms with Crippen LogP contribution in [-0.2, 0) is 0 Å². The molecule has 0 aliphatic carbocycles. The monoisotopic (exact) mass is 1070 g/mol. The molecular formula is C82H54N2. The highest BCUT2D eigenvalue weighted by Crippen LogP contribution is 2.48. The SMILES string of the molecule is C(=Cc1ccc(-c2ccc(N(c3cc4ccccc4c4ccccc34)c3cc4ccccc4c4ccccc34)cc2)cc1)c1ccc(-c2ccc(N(c3cc4ccccc4c4ccccc34)c3cc4ccccc4c4ccccc34)cc2)cc1. The van der Waals surface area contributed by atoms with Crippen LogP contribution in [0.25, 0.3) is 121 Å². The lowest BCUT2D eigenvalue weighted by Crippen LogP contribution is -2.11. The van der Waals surface area contributed by atoms with Crippen LogP contribution in [0.3, 0.4) is 0 Å². The summed E-state index contributed by atoms with van der Waals surface area (Å²) >= 11 is 0. The van der Waals surface area contributed by atoms with E-state index in [4.69, 9.17) is 0 Å². The van der Waals surface area contributed by atoms with Crippen molar-refractivity contribution in [3.8, 4) is 22.3 Å². The van der Waals surface area contributed by atoms with E-state index in [2.05, 4.69) is 337 Å². The van der Waals surface area contributed by atoms with Crippen LogP contribution in [0.4, 0.5) is 34.1 Å². The summed E-state index contributed by atoms with van der Waals surface area (Å²) < 4.78 is 0. The van der Waals surface area contributed by atoms with Crippen molar-refractivity contribution < 1.29 is 0 Å². The summed E-state index contributed by atoms with van der Waals surface area (Å²) in [5, 5.41) is 19.7. The fraction of sp³-hybridized carbons (Fsp3) is 0. The summed E-state index contributed by atoms with van der Waals surface area (Å²) in [6.45, 7) is 0. The zero-order valence-electron chi connectivity index (χ0n) is 46.1. The summed E-state index contributed by atoms with van der Waals surface area (Å²) in [5.41, 5.74) is 13.8. The lowest BCUT2D eigenvalue weighted by Gasteiger charge is -2.29. The number of benzene rings is 16. The summed E-state index contributed by atoms with van der Waals surface area (Å²) in [4.78, 5) is 4.95. The average Bonchev–Trinajstić information content (AvgIpc) is 2.54. The normalized spacial score (nSPS) is 11.8. The van der Waals surface area contributed by atoms with Crippen molar-refractivity contribution in [2.75, 3.05) is 9.80 Å². The van der Waals surface area contributed by atoms with Gasteiger partial charge in [0.25, 0.3) is 0 Å². The van der Waals surface area contributed by atoms with E-state index in [1.807, 2.05) is 0 Å². The van der Waals surface area contributed by atoms with E-state index < -0.39 is 0 Å². The van der Waals surface area contributed by atoms with Gasteiger partial charge >= 0.3 is 0 Å². The smallest absolute Gasteiger partial charge is 0.0546 e. The molecule has 0 spiro atoms. The first-order valence-corrected chi connectivity index (χ1v) is 29.0. The Kier molecular flexibility index (Phi) is 11.9. The molecule has 2 heteroatoms. The molecule has 16 rings (SSSR count). The van der Waals surface area contributed by atoms with Crippen molar-refractivity contribution in [1.82, 2.24) is 0 Å². The Hall–Kier alpha value is -11.1. The minimum absolute atomic E-state index is 1.10. The fourth-order valence-corrected chi connectivity index (χ4v) is 13.1. The number of fused-ring (bicyclic) bond motifs is 12. The van der Waals surface area contributed by atoms with Gasteiger partial charge in [0, 0.05) is 32.9 Å². The van der Waals surface area contributed by atoms with Gasteiger partial charge in [0.15, 0.2) is 0 Å². The number of hydrogen-bond donors (Lipinski definition) is 0. The van der Waals surface area contributed by atoms with E-state index >= 15 is 0 Å². The van der Waals surface area contributed by atoms with Gasteiger partial charge in [-0.05, 0) is 147 Å². The van der Waals surface area contributed by atoms with Crippen molar-refractivity contribution >= 4 is 132 Å². The number of anilines is 6. The Labute approximate surface area is 488 Å². The Morgan fingerprint density at radius 3 is 0.631 bits per heavy atom. The molecule has 0 aromatic heterocycles. The Bertz CT molecular complexity index is 4660. The molecular weight excluding hydrogens is 1010 g/mol. The Balaban J connectivity index is 0.687. The molecule has 0 bridgehead atoms. The maximum Gasteiger partial charge on any atom is 0.0546 e. The van der Waals surface area contributed by atoms with Crippen molar-refractivity contribution in [2.24, 2.45) is 0 Å². The Morgan fingerprint density at radius 1 is 0.179 bits per heavy atom. The zero-order valence-corrected chi connectivity index (χ0v) is 46.1. The van der Waals surface area contributed by atoms with E-state index in [1.54, 1.807) is 0 Å². The largest absolute Gasteiger partial charge is 0.309 e. The van der Waals surface area contributed by atoms with E-state index in [0.717, 1.165) is 45.3 Å². The lowest BCUT2D eigenvalue weighted by atomic mass is 9.96. The minimum atomic E-state index is 1.10. The highest BCUT2D eigenvalue weighted by Gasteiger charge is 2.23. The maximum absolute atomic E-state index is 2.47. The van der Waals surface area contributed by atoms with Crippen molar-refractivity contribution in [1.29, 1.82) is 0 Å². The molecule has 0 aliphatic heterocycles. The predicted octanol–water partition coefficient (Wildman–Crippen LogP) is 23.4. The average molecular weight is 1070 g/mol. The molecule has 16 aromatic rings. The molecule has 0 saturated heterocycles. The van der Waals surface area contributed by atoms with Crippen LogP contribution in [-0.4, -0.2) is 0 Å². The summed E-state index contributed by atoms with van der Waals surface area (Å²) in [6, 6.07) is 116. The predicted molar refractivity (Wildman–Crippen MR) is 362 cm³/mol. The zero-order chi connectivity index (χ0) is 55.5. The van der Waals surface area contributed by atoms with Crippen LogP contribution >= 0.6 is 0 Å². The molecule has 0 saturated carbocycles. The molecule has 0 heterocycles. The molecule has 392 valence electrons. The molecule has 0 amide bonds. The Morgan fingerprint density at radius 2 is 0.381 bits per heavy atom. The first-order valence-electron chi connectivity index (χ1n) is 29.0. The third-order valence-corrected chi connectivity index (χ3v) is 17.2. The number of hydrogen-bond acceptors (Lipinski definition) is 2. The molecule has 84 heavy (non-hydrogen) atoms. The van der Waals surface area contributed by atoms with Crippen LogP contribution in [0.5, 0.6) is 0 Å². The van der Waals surface area contributed by atoms with Crippen molar-refractivity contribution in [2.45, 2.75) is 0 Å². The van der Waals surface area contributed by atoms with E-state index in [1.165, 1.54) is 108 Å². The first-order chi connectivity index (χ1) is 41.6. The third kappa shape index (κ3) is 8.51. The topological polar surface area (TPSA) is 6.48 Å². The summed E-state index contributed by atoms with van der Waals surface area (Å²) in [7, 11) is 0. The van der Waals surface area contributed by atoms with Gasteiger partial charge in [-0.3, -0.25) is 0 Å². The van der Waals surface area contributed by atoms with Gasteiger partial charge < -0.3 is 9.80 Å². The fourth-order valence-electron chi connectivity index (χ4n) is 13.1. The molecule has 0 atom stereocenters. The molecule has 0 aliphatic rings. The van der Waals surface area contributed by atoms with E-state index in [9.17, 15) is 0 Å². The van der Waals surface area contributed by atoms with Crippen LogP contribution in [0.2, 0.25) is 0 Å². The van der Waals surface area contributed by atoms with Gasteiger partial charge in [-0.25, -0.2) is 0 Å². The van der Waals surface area contributed by atoms with Gasteiger partial charge in [-0.15, -0.1) is 0 Å². The summed E-state index contributed by atoms with van der Waals surface area (Å²) in [5.74, 6) is 0. The van der Waals surface area contributed by atoms with Gasteiger partial charge in [-0.2, -0.15) is 0 Å². The second-order valence-electron chi connectivity index (χ2n) is 22.0. The molecule has 0 fully saturated rings. The van der Waals surface area contributed by atoms with E-state index in [-0.39, 0.29) is 0 Å². The van der Waals surface area contributed by atoms with E-state index in [0.29, 0.717) is 0 Å². The molecule has 0 radical (unpaired) electrons. The maximum atomic E-state index is 2.47. The van der Waals surface area contributed by atoms with Crippen molar-refractivity contribution in [3.05, 3.63) is 327 Å². The molecule has 0 unspecified atom stereocenters. The van der Waals surface area contributed by atoms with Crippen LogP contribution in [0.15, 0.2) is 315 Å². The first kappa shape index (κ1) is 48.8. The lowest BCUT2D eigenvalue weighted by molar-refractivity contribution is 1.32. The van der Waals surface area contributed by atoms with Gasteiger partial charge in [0.05, 0.1) is 22.7 Å². The van der Waals surface area contributed by atoms with Gasteiger partial charge in [0.2, 0.25) is 0 Å². The quantitative estimate of drug-likeness (QED) is 0.0995. The molecule has 0 N–H and O–H groups in total. The number of nitrogens with zero attached hydrogens (tertiary/aromatic N) is 2. The second-order valence-corrected chi connectivity index (χ2v) is 22.0. The highest BCUT2D eigenvalue weighted by molar-refractivity contribution is 6.21.